The maximum Gasteiger partial charge on any atom is 0.347 e. The van der Waals surface area contributed by atoms with Crippen LogP contribution >= 0.6 is 0 Å². The molecule has 1 aliphatic heterocycles. The summed E-state index contributed by atoms with van der Waals surface area (Å²) in [5.74, 6) is -4.25. The number of carbonyl (C=O) groups excluding carboxylic acids is 5. The number of hydrogen-bond donors (Lipinski definition) is 1. The van der Waals surface area contributed by atoms with E-state index in [-0.39, 0.29) is 13.2 Å². The molecule has 0 spiro atoms. The van der Waals surface area contributed by atoms with Gasteiger partial charge >= 0.3 is 29.8 Å². The standard InChI is InChI=1S/C20H28N4O11/c1-6-30-19(28)13(20(29)31-7-2)8-22-18-17(34-12(5)27)15(23-24-21)16(33-11(4)26)14(35-18)9-32-10(3)25/h8,14-18,22H,6-7,9H2,1-5H3/t14-,15-,16-,17-,18-/m1/s1. The minimum Gasteiger partial charge on any atom is -0.463 e. The van der Waals surface area contributed by atoms with Gasteiger partial charge in [-0.05, 0) is 19.4 Å². The van der Waals surface area contributed by atoms with Crippen molar-refractivity contribution in [3.05, 3.63) is 22.2 Å². The topological polar surface area (TPSA) is 202 Å². The van der Waals surface area contributed by atoms with Crippen LogP contribution in [0.25, 0.3) is 10.4 Å². The van der Waals surface area contributed by atoms with E-state index in [1.807, 2.05) is 0 Å². The molecule has 0 unspecified atom stereocenters. The highest BCUT2D eigenvalue weighted by atomic mass is 16.6. The van der Waals surface area contributed by atoms with Gasteiger partial charge in [0.25, 0.3) is 0 Å². The first kappa shape index (κ1) is 29.2. The fourth-order valence-electron chi connectivity index (χ4n) is 3.03. The molecule has 35 heavy (non-hydrogen) atoms. The first-order valence-corrected chi connectivity index (χ1v) is 10.5. The molecule has 0 radical (unpaired) electrons. The van der Waals surface area contributed by atoms with Gasteiger partial charge < -0.3 is 33.7 Å². The second-order valence-corrected chi connectivity index (χ2v) is 6.91. The van der Waals surface area contributed by atoms with E-state index in [4.69, 9.17) is 34.0 Å². The van der Waals surface area contributed by atoms with Gasteiger partial charge in [0.2, 0.25) is 0 Å². The Hall–Kier alpha value is -3.84. The summed E-state index contributed by atoms with van der Waals surface area (Å²) in [4.78, 5) is 62.0. The third-order valence-electron chi connectivity index (χ3n) is 4.28. The number of nitrogens with one attached hydrogen (secondary N) is 1. The van der Waals surface area contributed by atoms with E-state index in [0.29, 0.717) is 0 Å². The zero-order chi connectivity index (χ0) is 26.5. The van der Waals surface area contributed by atoms with Crippen LogP contribution in [0, 0.1) is 0 Å². The third-order valence-corrected chi connectivity index (χ3v) is 4.28. The van der Waals surface area contributed by atoms with Crippen LogP contribution in [0.2, 0.25) is 0 Å². The Bertz CT molecular complexity index is 864. The van der Waals surface area contributed by atoms with Crippen molar-refractivity contribution < 1.29 is 52.4 Å². The van der Waals surface area contributed by atoms with Crippen LogP contribution in [0.5, 0.6) is 0 Å². The number of rotatable bonds is 11. The lowest BCUT2D eigenvalue weighted by Gasteiger charge is -2.43. The van der Waals surface area contributed by atoms with Gasteiger partial charge in [-0.2, -0.15) is 0 Å². The van der Waals surface area contributed by atoms with Crippen LogP contribution in [-0.4, -0.2) is 80.2 Å². The van der Waals surface area contributed by atoms with Gasteiger partial charge in [-0.25, -0.2) is 9.59 Å². The molecule has 1 heterocycles. The molecule has 5 atom stereocenters. The first-order valence-electron chi connectivity index (χ1n) is 10.5. The Morgan fingerprint density at radius 1 is 0.914 bits per heavy atom. The molecule has 1 aliphatic rings. The summed E-state index contributed by atoms with van der Waals surface area (Å²) < 4.78 is 30.9. The van der Waals surface area contributed by atoms with Crippen LogP contribution in [0.15, 0.2) is 16.9 Å². The van der Waals surface area contributed by atoms with Gasteiger partial charge in [-0.15, -0.1) is 0 Å². The Morgan fingerprint density at radius 2 is 1.46 bits per heavy atom. The highest BCUT2D eigenvalue weighted by Crippen LogP contribution is 2.28. The second-order valence-electron chi connectivity index (χ2n) is 6.91. The lowest BCUT2D eigenvalue weighted by atomic mass is 9.95. The molecule has 15 nitrogen and oxygen atoms in total. The van der Waals surface area contributed by atoms with E-state index < -0.39 is 72.6 Å². The molecule has 0 aliphatic carbocycles. The molecule has 0 aromatic rings. The second kappa shape index (κ2) is 14.4. The summed E-state index contributed by atoms with van der Waals surface area (Å²) in [6.45, 7) is 5.89. The van der Waals surface area contributed by atoms with Crippen molar-refractivity contribution in [2.75, 3.05) is 19.8 Å². The number of azide groups is 1. The molecular formula is C20H28N4O11. The Balaban J connectivity index is 3.46. The highest BCUT2D eigenvalue weighted by Gasteiger charge is 2.49. The van der Waals surface area contributed by atoms with Crippen molar-refractivity contribution in [1.29, 1.82) is 0 Å². The molecule has 194 valence electrons. The summed E-state index contributed by atoms with van der Waals surface area (Å²) in [7, 11) is 0. The highest BCUT2D eigenvalue weighted by molar-refractivity contribution is 6.13. The molecule has 1 rings (SSSR count). The van der Waals surface area contributed by atoms with Crippen LogP contribution < -0.4 is 5.32 Å². The molecule has 0 amide bonds. The molecule has 0 aromatic heterocycles. The zero-order valence-corrected chi connectivity index (χ0v) is 19.9. The van der Waals surface area contributed by atoms with E-state index in [0.717, 1.165) is 27.0 Å². The van der Waals surface area contributed by atoms with Crippen molar-refractivity contribution in [2.24, 2.45) is 5.11 Å². The van der Waals surface area contributed by atoms with E-state index in [1.165, 1.54) is 13.8 Å². The minimum absolute atomic E-state index is 0.0287. The summed E-state index contributed by atoms with van der Waals surface area (Å²) in [5.41, 5.74) is 8.56. The maximum atomic E-state index is 12.2. The molecule has 0 aromatic carbocycles. The van der Waals surface area contributed by atoms with Crippen molar-refractivity contribution >= 4 is 29.8 Å². The van der Waals surface area contributed by atoms with Gasteiger partial charge in [0.1, 0.15) is 24.9 Å². The SMILES string of the molecule is CCOC(=O)C(=CN[C@@H]1O[C@H](COC(C)=O)[C@@H](OC(C)=O)[C@@H](N=[N+]=[N-])[C@H]1OC(C)=O)C(=O)OCC. The molecular weight excluding hydrogens is 472 g/mol. The zero-order valence-electron chi connectivity index (χ0n) is 19.9. The van der Waals surface area contributed by atoms with Crippen LogP contribution in [0.1, 0.15) is 34.6 Å². The van der Waals surface area contributed by atoms with Gasteiger partial charge in [0.05, 0.1) is 13.2 Å². The van der Waals surface area contributed by atoms with Gasteiger partial charge in [0, 0.05) is 31.9 Å². The van der Waals surface area contributed by atoms with Crippen LogP contribution in [0.3, 0.4) is 0 Å². The average molecular weight is 500 g/mol. The van der Waals surface area contributed by atoms with Crippen LogP contribution in [0.4, 0.5) is 0 Å². The lowest BCUT2D eigenvalue weighted by molar-refractivity contribution is -0.220. The first-order chi connectivity index (χ1) is 16.5. The maximum absolute atomic E-state index is 12.2. The lowest BCUT2D eigenvalue weighted by Crippen LogP contribution is -2.63. The van der Waals surface area contributed by atoms with E-state index in [1.54, 1.807) is 0 Å². The Kier molecular flexibility index (Phi) is 12.0. The number of ether oxygens (including phenoxy) is 6. The van der Waals surface area contributed by atoms with E-state index >= 15 is 0 Å². The molecule has 1 saturated heterocycles. The fourth-order valence-corrected chi connectivity index (χ4v) is 3.03. The largest absolute Gasteiger partial charge is 0.463 e. The fraction of sp³-hybridized carbons (Fsp3) is 0.650. The molecule has 0 saturated carbocycles. The van der Waals surface area contributed by atoms with Crippen molar-refractivity contribution in [1.82, 2.24) is 5.32 Å². The quantitative estimate of drug-likeness (QED) is 0.0599. The predicted molar refractivity (Wildman–Crippen MR) is 114 cm³/mol. The summed E-state index contributed by atoms with van der Waals surface area (Å²) in [6, 6.07) is -1.35. The monoisotopic (exact) mass is 500 g/mol. The van der Waals surface area contributed by atoms with Gasteiger partial charge in [-0.3, -0.25) is 14.4 Å². The summed E-state index contributed by atoms with van der Waals surface area (Å²) >= 11 is 0. The number of esters is 5. The molecule has 1 fully saturated rings. The Morgan fingerprint density at radius 3 is 1.91 bits per heavy atom. The summed E-state index contributed by atoms with van der Waals surface area (Å²) in [5, 5.41) is 6.21. The Labute approximate surface area is 200 Å². The summed E-state index contributed by atoms with van der Waals surface area (Å²) in [6.07, 6.45) is -4.34. The predicted octanol–water partition coefficient (Wildman–Crippen LogP) is 0.416. The van der Waals surface area contributed by atoms with E-state index in [9.17, 15) is 24.0 Å². The molecule has 1 N–H and O–H groups in total. The number of nitrogens with zero attached hydrogens (tertiary/aromatic N) is 3. The molecule has 15 heteroatoms. The van der Waals surface area contributed by atoms with Crippen molar-refractivity contribution in [2.45, 2.75) is 65.2 Å². The average Bonchev–Trinajstić information content (AvgIpc) is 2.76. The van der Waals surface area contributed by atoms with Crippen molar-refractivity contribution in [3.8, 4) is 0 Å². The number of carbonyl (C=O) groups is 5. The van der Waals surface area contributed by atoms with Crippen LogP contribution in [-0.2, 0) is 52.4 Å². The van der Waals surface area contributed by atoms with Crippen molar-refractivity contribution in [3.63, 3.8) is 0 Å². The third kappa shape index (κ3) is 9.14. The minimum atomic E-state index is -1.40. The van der Waals surface area contributed by atoms with E-state index in [2.05, 4.69) is 15.3 Å². The van der Waals surface area contributed by atoms with Gasteiger partial charge in [-0.1, -0.05) is 5.11 Å². The van der Waals surface area contributed by atoms with Gasteiger partial charge in [0.15, 0.2) is 17.9 Å². The normalized spacial score (nSPS) is 22.9. The molecule has 0 bridgehead atoms. The smallest absolute Gasteiger partial charge is 0.347 e. The number of hydrogen-bond acceptors (Lipinski definition) is 13.